The lowest BCUT2D eigenvalue weighted by Gasteiger charge is -2.34. The van der Waals surface area contributed by atoms with Crippen LogP contribution in [0.5, 0.6) is 5.75 Å². The molecule has 0 saturated carbocycles. The zero-order chi connectivity index (χ0) is 10.8. The van der Waals surface area contributed by atoms with E-state index >= 15 is 0 Å². The molecule has 0 heterocycles. The molecule has 0 radical (unpaired) electrons. The van der Waals surface area contributed by atoms with Crippen LogP contribution in [-0.2, 0) is 0 Å². The van der Waals surface area contributed by atoms with E-state index in [2.05, 4.69) is 44.9 Å². The van der Waals surface area contributed by atoms with Crippen LogP contribution in [0.1, 0.15) is 20.8 Å². The van der Waals surface area contributed by atoms with Gasteiger partial charge in [-0.05, 0) is 45.0 Å². The highest BCUT2D eigenvalue weighted by molar-refractivity contribution is 5.50. The summed E-state index contributed by atoms with van der Waals surface area (Å²) in [7, 11) is 3.78. The molecule has 0 saturated heterocycles. The Morgan fingerprint density at radius 1 is 1.07 bits per heavy atom. The van der Waals surface area contributed by atoms with Crippen LogP contribution in [0.2, 0.25) is 0 Å². The van der Waals surface area contributed by atoms with Crippen molar-refractivity contribution in [3.05, 3.63) is 24.3 Å². The third kappa shape index (κ3) is 2.41. The average Bonchev–Trinajstić information content (AvgIpc) is 2.15. The number of anilines is 1. The fourth-order valence-electron chi connectivity index (χ4n) is 1.19. The van der Waals surface area contributed by atoms with Crippen molar-refractivity contribution in [2.45, 2.75) is 26.3 Å². The van der Waals surface area contributed by atoms with E-state index in [4.69, 9.17) is 4.74 Å². The molecule has 0 N–H and O–H groups in total. The summed E-state index contributed by atoms with van der Waals surface area (Å²) in [5.41, 5.74) is 1.35. The van der Waals surface area contributed by atoms with Crippen LogP contribution in [0.15, 0.2) is 24.3 Å². The molecule has 0 atom stereocenters. The molecule has 2 nitrogen and oxygen atoms in total. The molecule has 78 valence electrons. The van der Waals surface area contributed by atoms with Gasteiger partial charge in [0.25, 0.3) is 0 Å². The highest BCUT2D eigenvalue weighted by atomic mass is 16.5. The molecule has 2 heteroatoms. The zero-order valence-corrected chi connectivity index (χ0v) is 9.66. The molecular formula is C12H19NO. The van der Waals surface area contributed by atoms with Crippen LogP contribution >= 0.6 is 0 Å². The second kappa shape index (κ2) is 3.91. The topological polar surface area (TPSA) is 12.5 Å². The van der Waals surface area contributed by atoms with Gasteiger partial charge in [-0.2, -0.15) is 0 Å². The summed E-state index contributed by atoms with van der Waals surface area (Å²) in [5, 5.41) is 0. The Bertz CT molecular complexity index is 284. The summed E-state index contributed by atoms with van der Waals surface area (Å²) in [6.45, 7) is 6.58. The molecule has 1 aromatic rings. The van der Waals surface area contributed by atoms with E-state index in [1.807, 2.05) is 12.1 Å². The number of hydrogen-bond donors (Lipinski definition) is 0. The molecule has 14 heavy (non-hydrogen) atoms. The van der Waals surface area contributed by atoms with E-state index in [0.717, 1.165) is 5.75 Å². The van der Waals surface area contributed by atoms with Crippen LogP contribution in [-0.4, -0.2) is 19.7 Å². The fourth-order valence-corrected chi connectivity index (χ4v) is 1.19. The quantitative estimate of drug-likeness (QED) is 0.716. The number of methoxy groups -OCH3 is 1. The van der Waals surface area contributed by atoms with Crippen LogP contribution in [0, 0.1) is 0 Å². The Hall–Kier alpha value is -1.18. The van der Waals surface area contributed by atoms with Crippen molar-refractivity contribution in [2.24, 2.45) is 0 Å². The van der Waals surface area contributed by atoms with Gasteiger partial charge in [-0.3, -0.25) is 0 Å². The Kier molecular flexibility index (Phi) is 3.04. The third-order valence-electron chi connectivity index (χ3n) is 2.47. The lowest BCUT2D eigenvalue weighted by atomic mass is 10.1. The van der Waals surface area contributed by atoms with Crippen molar-refractivity contribution in [3.8, 4) is 5.75 Å². The van der Waals surface area contributed by atoms with E-state index < -0.39 is 0 Å². The first-order valence-electron chi connectivity index (χ1n) is 4.83. The van der Waals surface area contributed by atoms with Crippen molar-refractivity contribution in [1.29, 1.82) is 0 Å². The second-order valence-corrected chi connectivity index (χ2v) is 4.43. The van der Waals surface area contributed by atoms with E-state index in [0.29, 0.717) is 0 Å². The lowest BCUT2D eigenvalue weighted by molar-refractivity contribution is 0.414. The Morgan fingerprint density at radius 2 is 1.57 bits per heavy atom. The summed E-state index contributed by atoms with van der Waals surface area (Å²) >= 11 is 0. The summed E-state index contributed by atoms with van der Waals surface area (Å²) in [5.74, 6) is 0.899. The van der Waals surface area contributed by atoms with Gasteiger partial charge in [0.05, 0.1) is 7.11 Å². The van der Waals surface area contributed by atoms with Crippen LogP contribution in [0.4, 0.5) is 5.69 Å². The second-order valence-electron chi connectivity index (χ2n) is 4.43. The third-order valence-corrected chi connectivity index (χ3v) is 2.47. The van der Waals surface area contributed by atoms with Crippen molar-refractivity contribution in [1.82, 2.24) is 0 Å². The van der Waals surface area contributed by atoms with E-state index in [1.165, 1.54) is 5.69 Å². The van der Waals surface area contributed by atoms with Crippen LogP contribution in [0.25, 0.3) is 0 Å². The molecule has 1 aromatic carbocycles. The van der Waals surface area contributed by atoms with Gasteiger partial charge in [0.15, 0.2) is 0 Å². The lowest BCUT2D eigenvalue weighted by Crippen LogP contribution is -2.37. The molecule has 0 bridgehead atoms. The Morgan fingerprint density at radius 3 is 1.93 bits per heavy atom. The highest BCUT2D eigenvalue weighted by Crippen LogP contribution is 2.23. The summed E-state index contributed by atoms with van der Waals surface area (Å²) < 4.78 is 5.12. The SMILES string of the molecule is COc1ccc(N(C)C(C)(C)C)cc1. The molecule has 0 amide bonds. The number of ether oxygens (including phenoxy) is 1. The summed E-state index contributed by atoms with van der Waals surface area (Å²) in [6.07, 6.45) is 0. The minimum absolute atomic E-state index is 0.147. The van der Waals surface area contributed by atoms with E-state index in [1.54, 1.807) is 7.11 Å². The Labute approximate surface area is 86.5 Å². The number of hydrogen-bond acceptors (Lipinski definition) is 2. The van der Waals surface area contributed by atoms with Gasteiger partial charge in [0.1, 0.15) is 5.75 Å². The van der Waals surface area contributed by atoms with Crippen LogP contribution in [0.3, 0.4) is 0 Å². The van der Waals surface area contributed by atoms with Gasteiger partial charge in [-0.25, -0.2) is 0 Å². The van der Waals surface area contributed by atoms with E-state index in [-0.39, 0.29) is 5.54 Å². The molecular weight excluding hydrogens is 174 g/mol. The van der Waals surface area contributed by atoms with Crippen LogP contribution < -0.4 is 9.64 Å². The summed E-state index contributed by atoms with van der Waals surface area (Å²) in [4.78, 5) is 2.24. The molecule has 0 aliphatic rings. The molecule has 1 rings (SSSR count). The first kappa shape index (κ1) is 10.9. The molecule has 0 fully saturated rings. The van der Waals surface area contributed by atoms with Crippen molar-refractivity contribution >= 4 is 5.69 Å². The van der Waals surface area contributed by atoms with Gasteiger partial charge >= 0.3 is 0 Å². The zero-order valence-electron chi connectivity index (χ0n) is 9.66. The summed E-state index contributed by atoms with van der Waals surface area (Å²) in [6, 6.07) is 8.11. The smallest absolute Gasteiger partial charge is 0.119 e. The molecule has 0 spiro atoms. The van der Waals surface area contributed by atoms with Gasteiger partial charge in [0.2, 0.25) is 0 Å². The van der Waals surface area contributed by atoms with Crippen molar-refractivity contribution in [2.75, 3.05) is 19.1 Å². The fraction of sp³-hybridized carbons (Fsp3) is 0.500. The molecule has 0 unspecified atom stereocenters. The van der Waals surface area contributed by atoms with Gasteiger partial charge < -0.3 is 9.64 Å². The number of nitrogens with zero attached hydrogens (tertiary/aromatic N) is 1. The predicted octanol–water partition coefficient (Wildman–Crippen LogP) is 2.93. The van der Waals surface area contributed by atoms with E-state index in [9.17, 15) is 0 Å². The number of rotatable bonds is 2. The Balaban J connectivity index is 2.87. The molecule has 0 aliphatic heterocycles. The van der Waals surface area contributed by atoms with Gasteiger partial charge in [0, 0.05) is 18.3 Å². The number of benzene rings is 1. The first-order chi connectivity index (χ1) is 6.45. The standard InChI is InChI=1S/C12H19NO/c1-12(2,3)13(4)10-6-8-11(14-5)9-7-10/h6-9H,1-5H3. The largest absolute Gasteiger partial charge is 0.497 e. The maximum Gasteiger partial charge on any atom is 0.119 e. The minimum Gasteiger partial charge on any atom is -0.497 e. The average molecular weight is 193 g/mol. The van der Waals surface area contributed by atoms with Gasteiger partial charge in [-0.15, -0.1) is 0 Å². The monoisotopic (exact) mass is 193 g/mol. The highest BCUT2D eigenvalue weighted by Gasteiger charge is 2.16. The maximum absolute atomic E-state index is 5.12. The maximum atomic E-state index is 5.12. The van der Waals surface area contributed by atoms with Crippen molar-refractivity contribution < 1.29 is 4.74 Å². The minimum atomic E-state index is 0.147. The molecule has 0 aromatic heterocycles. The molecule has 0 aliphatic carbocycles. The first-order valence-corrected chi connectivity index (χ1v) is 4.83. The van der Waals surface area contributed by atoms with Crippen molar-refractivity contribution in [3.63, 3.8) is 0 Å². The van der Waals surface area contributed by atoms with Gasteiger partial charge in [-0.1, -0.05) is 0 Å². The predicted molar refractivity (Wildman–Crippen MR) is 61.2 cm³/mol. The normalized spacial score (nSPS) is 11.2.